The van der Waals surface area contributed by atoms with Crippen LogP contribution in [-0.2, 0) is 10.8 Å². The van der Waals surface area contributed by atoms with E-state index in [9.17, 15) is 9.50 Å². The monoisotopic (exact) mass is 662 g/mol. The molecule has 0 fully saturated rings. The second-order valence-electron chi connectivity index (χ2n) is 14.7. The molecule has 5 heteroatoms. The minimum Gasteiger partial charge on any atom is -0.507 e. The van der Waals surface area contributed by atoms with Crippen molar-refractivity contribution in [3.63, 3.8) is 0 Å². The number of thiazole rings is 1. The van der Waals surface area contributed by atoms with Crippen molar-refractivity contribution in [2.45, 2.75) is 52.4 Å². The van der Waals surface area contributed by atoms with Crippen molar-refractivity contribution in [3.8, 4) is 38.6 Å². The third kappa shape index (κ3) is 6.51. The molecular formula is C44H39FN2OS. The maximum atomic E-state index is 13.7. The van der Waals surface area contributed by atoms with Crippen molar-refractivity contribution in [2.75, 3.05) is 0 Å². The Labute approximate surface area is 291 Å². The molecule has 0 saturated heterocycles. The van der Waals surface area contributed by atoms with E-state index in [4.69, 9.17) is 9.98 Å². The molecule has 0 unspecified atom stereocenters. The van der Waals surface area contributed by atoms with Gasteiger partial charge in [-0.15, -0.1) is 11.3 Å². The number of aromatic nitrogens is 1. The van der Waals surface area contributed by atoms with Gasteiger partial charge in [-0.25, -0.2) is 9.37 Å². The predicted octanol–water partition coefficient (Wildman–Crippen LogP) is 12.6. The number of aliphatic imine (C=N–C) groups is 1. The summed E-state index contributed by atoms with van der Waals surface area (Å²) in [5, 5.41) is 13.8. The molecule has 6 aromatic carbocycles. The maximum Gasteiger partial charge on any atom is 0.126 e. The van der Waals surface area contributed by atoms with Gasteiger partial charge < -0.3 is 5.11 Å². The summed E-state index contributed by atoms with van der Waals surface area (Å²) in [6.07, 6.45) is 1.77. The lowest BCUT2D eigenvalue weighted by Crippen LogP contribution is -2.11. The van der Waals surface area contributed by atoms with Gasteiger partial charge in [0.05, 0.1) is 15.9 Å². The van der Waals surface area contributed by atoms with Crippen LogP contribution in [0.3, 0.4) is 0 Å². The van der Waals surface area contributed by atoms with Crippen molar-refractivity contribution in [2.24, 2.45) is 4.99 Å². The third-order valence-corrected chi connectivity index (χ3v) is 10.1. The van der Waals surface area contributed by atoms with Crippen molar-refractivity contribution < 1.29 is 9.50 Å². The Morgan fingerprint density at radius 2 is 1.41 bits per heavy atom. The van der Waals surface area contributed by atoms with E-state index < -0.39 is 0 Å². The smallest absolute Gasteiger partial charge is 0.126 e. The lowest BCUT2D eigenvalue weighted by atomic mass is 9.85. The molecule has 244 valence electrons. The van der Waals surface area contributed by atoms with Crippen LogP contribution in [0.15, 0.2) is 120 Å². The quantitative estimate of drug-likeness (QED) is 0.186. The van der Waals surface area contributed by atoms with E-state index >= 15 is 0 Å². The fourth-order valence-corrected chi connectivity index (χ4v) is 7.19. The molecule has 7 rings (SSSR count). The number of halogens is 1. The number of phenolic OH excluding ortho intramolecular Hbond substituents is 1. The second-order valence-corrected chi connectivity index (χ2v) is 15.7. The van der Waals surface area contributed by atoms with Crippen LogP contribution in [0.1, 0.15) is 58.2 Å². The predicted molar refractivity (Wildman–Crippen MR) is 206 cm³/mol. The van der Waals surface area contributed by atoms with Crippen LogP contribution in [-0.4, -0.2) is 16.3 Å². The van der Waals surface area contributed by atoms with Crippen molar-refractivity contribution >= 4 is 44.2 Å². The van der Waals surface area contributed by atoms with E-state index in [1.807, 2.05) is 36.4 Å². The summed E-state index contributed by atoms with van der Waals surface area (Å²) in [6, 6.07) is 37.8. The number of benzene rings is 6. The number of hydrogen-bond acceptors (Lipinski definition) is 4. The molecule has 7 aromatic rings. The summed E-state index contributed by atoms with van der Waals surface area (Å²) >= 11 is 1.67. The van der Waals surface area contributed by atoms with Gasteiger partial charge in [0.1, 0.15) is 16.6 Å². The second kappa shape index (κ2) is 12.4. The molecule has 0 aliphatic carbocycles. The maximum absolute atomic E-state index is 13.7. The molecule has 0 aliphatic heterocycles. The fraction of sp³-hybridized carbons (Fsp3) is 0.182. The highest BCUT2D eigenvalue weighted by Crippen LogP contribution is 2.44. The van der Waals surface area contributed by atoms with Crippen molar-refractivity contribution in [1.82, 2.24) is 4.98 Å². The summed E-state index contributed by atoms with van der Waals surface area (Å²) in [4.78, 5) is 10.4. The molecule has 49 heavy (non-hydrogen) atoms. The Bertz CT molecular complexity index is 2370. The van der Waals surface area contributed by atoms with E-state index in [1.54, 1.807) is 23.6 Å². The molecular weight excluding hydrogens is 624 g/mol. The van der Waals surface area contributed by atoms with Crippen LogP contribution < -0.4 is 0 Å². The first-order valence-electron chi connectivity index (χ1n) is 16.6. The number of aromatic hydroxyl groups is 1. The first kappa shape index (κ1) is 32.4. The summed E-state index contributed by atoms with van der Waals surface area (Å²) < 4.78 is 14.8. The Kier molecular flexibility index (Phi) is 8.20. The standard InChI is InChI=1S/C44H39FN2OS/c1-43(2,3)32-17-21-38(48)31(23-32)26-46-40-35-13-8-7-10-28(35)16-20-36(40)42-47-41-37(24-33(44(4,5)6)25-39(41)49-42)30-12-9-11-29(22-30)27-14-18-34(45)19-15-27/h7-26,48H,1-6H3. The zero-order valence-electron chi connectivity index (χ0n) is 28.7. The van der Waals surface area contributed by atoms with Crippen LogP contribution in [0.5, 0.6) is 5.75 Å². The fourth-order valence-electron chi connectivity index (χ4n) is 6.13. The normalized spacial score (nSPS) is 12.4. The zero-order chi connectivity index (χ0) is 34.5. The van der Waals surface area contributed by atoms with Gasteiger partial charge in [0.25, 0.3) is 0 Å². The number of phenols is 1. The number of hydrogen-bond donors (Lipinski definition) is 1. The van der Waals surface area contributed by atoms with Gasteiger partial charge in [-0.3, -0.25) is 4.99 Å². The Balaban J connectivity index is 1.41. The molecule has 0 amide bonds. The van der Waals surface area contributed by atoms with Crippen LogP contribution in [0.4, 0.5) is 10.1 Å². The van der Waals surface area contributed by atoms with Gasteiger partial charge in [-0.1, -0.05) is 108 Å². The third-order valence-electron chi connectivity index (χ3n) is 9.07. The highest BCUT2D eigenvalue weighted by Gasteiger charge is 2.22. The SMILES string of the molecule is CC(C)(C)c1ccc(O)c(C=Nc2c(-c3nc4c(-c5cccc(-c6ccc(F)cc6)c5)cc(C(C)(C)C)cc4s3)ccc3ccccc23)c1. The summed E-state index contributed by atoms with van der Waals surface area (Å²) in [5.74, 6) is -0.0529. The van der Waals surface area contributed by atoms with E-state index in [0.29, 0.717) is 5.56 Å². The molecule has 0 radical (unpaired) electrons. The Morgan fingerprint density at radius 3 is 2.16 bits per heavy atom. The summed E-state index contributed by atoms with van der Waals surface area (Å²) in [6.45, 7) is 13.2. The molecule has 0 saturated carbocycles. The Hall–Kier alpha value is -5.13. The topological polar surface area (TPSA) is 45.5 Å². The number of fused-ring (bicyclic) bond motifs is 2. The average molecular weight is 663 g/mol. The minimum absolute atomic E-state index is 0.0654. The molecule has 1 heterocycles. The molecule has 0 atom stereocenters. The first-order valence-corrected chi connectivity index (χ1v) is 17.4. The molecule has 0 spiro atoms. The van der Waals surface area contributed by atoms with E-state index in [-0.39, 0.29) is 22.4 Å². The Morgan fingerprint density at radius 1 is 0.673 bits per heavy atom. The number of rotatable bonds is 5. The molecule has 0 aliphatic rings. The summed E-state index contributed by atoms with van der Waals surface area (Å²) in [5.41, 5.74) is 9.66. The van der Waals surface area contributed by atoms with Gasteiger partial charge in [0.15, 0.2) is 0 Å². The van der Waals surface area contributed by atoms with Gasteiger partial charge in [0, 0.05) is 28.3 Å². The summed E-state index contributed by atoms with van der Waals surface area (Å²) in [7, 11) is 0. The van der Waals surface area contributed by atoms with E-state index in [2.05, 4.69) is 102 Å². The number of nitrogens with zero attached hydrogens (tertiary/aromatic N) is 2. The average Bonchev–Trinajstić information content (AvgIpc) is 3.51. The van der Waals surface area contributed by atoms with Gasteiger partial charge in [-0.05, 0) is 92.6 Å². The first-order chi connectivity index (χ1) is 23.3. The minimum atomic E-state index is -0.248. The van der Waals surface area contributed by atoms with Gasteiger partial charge in [-0.2, -0.15) is 0 Å². The van der Waals surface area contributed by atoms with Crippen molar-refractivity contribution in [1.29, 1.82) is 0 Å². The highest BCUT2D eigenvalue weighted by atomic mass is 32.1. The van der Waals surface area contributed by atoms with Crippen molar-refractivity contribution in [3.05, 3.63) is 138 Å². The largest absolute Gasteiger partial charge is 0.507 e. The van der Waals surface area contributed by atoms with Crippen LogP contribution >= 0.6 is 11.3 Å². The van der Waals surface area contributed by atoms with Crippen LogP contribution in [0, 0.1) is 5.82 Å². The molecule has 1 N–H and O–H groups in total. The lowest BCUT2D eigenvalue weighted by molar-refractivity contribution is 0.473. The van der Waals surface area contributed by atoms with Crippen LogP contribution in [0.25, 0.3) is 53.8 Å². The van der Waals surface area contributed by atoms with Gasteiger partial charge >= 0.3 is 0 Å². The van der Waals surface area contributed by atoms with Gasteiger partial charge in [0.2, 0.25) is 0 Å². The lowest BCUT2D eigenvalue weighted by Gasteiger charge is -2.20. The van der Waals surface area contributed by atoms with E-state index in [1.165, 1.54) is 17.7 Å². The van der Waals surface area contributed by atoms with E-state index in [0.717, 1.165) is 65.1 Å². The highest BCUT2D eigenvalue weighted by molar-refractivity contribution is 7.21. The van der Waals surface area contributed by atoms with Crippen LogP contribution in [0.2, 0.25) is 0 Å². The molecule has 3 nitrogen and oxygen atoms in total. The molecule has 1 aromatic heterocycles. The zero-order valence-corrected chi connectivity index (χ0v) is 29.5. The molecule has 0 bridgehead atoms.